The Morgan fingerprint density at radius 2 is 2.31 bits per heavy atom. The van der Waals surface area contributed by atoms with Gasteiger partial charge in [0.1, 0.15) is 11.9 Å². The summed E-state index contributed by atoms with van der Waals surface area (Å²) in [6.07, 6.45) is 4.45. The fourth-order valence-electron chi connectivity index (χ4n) is 1.55. The second kappa shape index (κ2) is 4.07. The summed E-state index contributed by atoms with van der Waals surface area (Å²) in [4.78, 5) is 2.34. The van der Waals surface area contributed by atoms with Gasteiger partial charge in [0.05, 0.1) is 11.6 Å². The molecule has 0 spiro atoms. The monoisotopic (exact) mass is 198 g/mol. The van der Waals surface area contributed by atoms with Crippen molar-refractivity contribution in [3.8, 4) is 5.75 Å². The van der Waals surface area contributed by atoms with E-state index in [0.717, 1.165) is 31.7 Å². The molecular weight excluding hydrogens is 184 g/mol. The van der Waals surface area contributed by atoms with Gasteiger partial charge in [0.25, 0.3) is 0 Å². The summed E-state index contributed by atoms with van der Waals surface area (Å²) in [7, 11) is 2.16. The molecule has 0 N–H and O–H groups in total. The van der Waals surface area contributed by atoms with Crippen LogP contribution < -0.4 is 4.74 Å². The van der Waals surface area contributed by atoms with Gasteiger partial charge < -0.3 is 9.64 Å². The van der Waals surface area contributed by atoms with Crippen LogP contribution in [0.15, 0.2) is 11.6 Å². The average molecular weight is 198 g/mol. The normalized spacial score (nSPS) is 20.4. The smallest absolute Gasteiger partial charge is 0.150 e. The molecule has 0 atom stereocenters. The molecule has 1 fully saturated rings. The topological polar surface area (TPSA) is 25.4 Å². The lowest BCUT2D eigenvalue weighted by atomic mass is 10.1. The van der Waals surface area contributed by atoms with E-state index in [2.05, 4.69) is 16.3 Å². The molecule has 0 bridgehead atoms. The Labute approximate surface area is 82.5 Å². The molecule has 0 radical (unpaired) electrons. The summed E-state index contributed by atoms with van der Waals surface area (Å²) in [6.45, 7) is 2.28. The van der Waals surface area contributed by atoms with Crippen molar-refractivity contribution in [3.63, 3.8) is 0 Å². The zero-order valence-corrected chi connectivity index (χ0v) is 8.59. The first kappa shape index (κ1) is 8.97. The molecule has 0 aliphatic carbocycles. The van der Waals surface area contributed by atoms with Crippen LogP contribution in [0.25, 0.3) is 0 Å². The molecule has 0 unspecified atom stereocenters. The van der Waals surface area contributed by atoms with E-state index in [-0.39, 0.29) is 0 Å². The molecule has 1 aliphatic heterocycles. The minimum Gasteiger partial charge on any atom is -0.488 e. The van der Waals surface area contributed by atoms with E-state index in [1.807, 2.05) is 5.38 Å². The number of ether oxygens (including phenoxy) is 1. The predicted octanol–water partition coefficient (Wildman–Crippen LogP) is 1.62. The quantitative estimate of drug-likeness (QED) is 0.722. The molecule has 1 aromatic rings. The number of hydrogen-bond donors (Lipinski definition) is 0. The van der Waals surface area contributed by atoms with Gasteiger partial charge in [-0.3, -0.25) is 0 Å². The largest absolute Gasteiger partial charge is 0.488 e. The van der Waals surface area contributed by atoms with Crippen molar-refractivity contribution in [2.45, 2.75) is 18.9 Å². The lowest BCUT2D eigenvalue weighted by molar-refractivity contribution is 0.114. The van der Waals surface area contributed by atoms with Crippen LogP contribution in [0.2, 0.25) is 0 Å². The van der Waals surface area contributed by atoms with Crippen LogP contribution >= 0.6 is 11.5 Å². The third kappa shape index (κ3) is 2.42. The molecule has 72 valence electrons. The minimum absolute atomic E-state index is 0.396. The lowest BCUT2D eigenvalue weighted by Crippen LogP contribution is -2.35. The van der Waals surface area contributed by atoms with Crippen molar-refractivity contribution < 1.29 is 4.74 Å². The molecular formula is C9H14N2OS. The molecule has 1 saturated heterocycles. The summed E-state index contributed by atoms with van der Waals surface area (Å²) in [5, 5.41) is 1.96. The zero-order valence-electron chi connectivity index (χ0n) is 7.77. The number of hydrogen-bond acceptors (Lipinski definition) is 4. The molecule has 2 rings (SSSR count). The Morgan fingerprint density at radius 1 is 1.54 bits per heavy atom. The maximum absolute atomic E-state index is 5.76. The standard InChI is InChI=1S/C9H14N2OS/c1-11-4-2-8(3-5-11)12-9-6-10-13-7-9/h6-8H,2-5H2,1H3. The Kier molecular flexibility index (Phi) is 2.80. The fraction of sp³-hybridized carbons (Fsp3) is 0.667. The van der Waals surface area contributed by atoms with Gasteiger partial charge in [-0.1, -0.05) is 0 Å². The number of aromatic nitrogens is 1. The maximum Gasteiger partial charge on any atom is 0.150 e. The molecule has 2 heterocycles. The van der Waals surface area contributed by atoms with E-state index < -0.39 is 0 Å². The van der Waals surface area contributed by atoms with E-state index in [1.54, 1.807) is 6.20 Å². The first-order valence-electron chi connectivity index (χ1n) is 4.59. The van der Waals surface area contributed by atoms with Gasteiger partial charge in [0.2, 0.25) is 0 Å². The van der Waals surface area contributed by atoms with Crippen LogP contribution in [0, 0.1) is 0 Å². The molecule has 0 amide bonds. The van der Waals surface area contributed by atoms with Gasteiger partial charge in [0, 0.05) is 13.1 Å². The van der Waals surface area contributed by atoms with Crippen LogP contribution in [0.5, 0.6) is 5.75 Å². The molecule has 1 aromatic heterocycles. The zero-order chi connectivity index (χ0) is 9.10. The van der Waals surface area contributed by atoms with Gasteiger partial charge in [-0.15, -0.1) is 0 Å². The molecule has 3 nitrogen and oxygen atoms in total. The number of rotatable bonds is 2. The van der Waals surface area contributed by atoms with Gasteiger partial charge in [-0.05, 0) is 31.4 Å². The molecule has 13 heavy (non-hydrogen) atoms. The average Bonchev–Trinajstić information content (AvgIpc) is 2.62. The van der Waals surface area contributed by atoms with E-state index in [9.17, 15) is 0 Å². The van der Waals surface area contributed by atoms with Gasteiger partial charge in [-0.2, -0.15) is 4.37 Å². The van der Waals surface area contributed by atoms with Crippen molar-refractivity contribution in [2.24, 2.45) is 0 Å². The highest BCUT2D eigenvalue weighted by molar-refractivity contribution is 7.03. The molecule has 0 saturated carbocycles. The van der Waals surface area contributed by atoms with Crippen molar-refractivity contribution in [1.82, 2.24) is 9.27 Å². The summed E-state index contributed by atoms with van der Waals surface area (Å²) in [5.41, 5.74) is 0. The highest BCUT2D eigenvalue weighted by Gasteiger charge is 2.17. The van der Waals surface area contributed by atoms with Crippen LogP contribution in [-0.2, 0) is 0 Å². The third-order valence-corrected chi connectivity index (χ3v) is 2.94. The van der Waals surface area contributed by atoms with E-state index in [0.29, 0.717) is 6.10 Å². The predicted molar refractivity (Wildman–Crippen MR) is 53.3 cm³/mol. The Hall–Kier alpha value is -0.610. The van der Waals surface area contributed by atoms with Gasteiger partial charge >= 0.3 is 0 Å². The van der Waals surface area contributed by atoms with Crippen molar-refractivity contribution in [1.29, 1.82) is 0 Å². The Morgan fingerprint density at radius 3 is 2.92 bits per heavy atom. The molecule has 1 aliphatic rings. The van der Waals surface area contributed by atoms with Crippen LogP contribution in [0.3, 0.4) is 0 Å². The second-order valence-electron chi connectivity index (χ2n) is 3.48. The minimum atomic E-state index is 0.396. The fourth-order valence-corrected chi connectivity index (χ4v) is 1.99. The summed E-state index contributed by atoms with van der Waals surface area (Å²) in [6, 6.07) is 0. The molecule has 0 aromatic carbocycles. The summed E-state index contributed by atoms with van der Waals surface area (Å²) < 4.78 is 9.77. The van der Waals surface area contributed by atoms with Crippen LogP contribution in [0.4, 0.5) is 0 Å². The second-order valence-corrected chi connectivity index (χ2v) is 4.14. The SMILES string of the molecule is CN1CCC(Oc2cnsc2)CC1. The number of likely N-dealkylation sites (tertiary alicyclic amines) is 1. The van der Waals surface area contributed by atoms with Gasteiger partial charge in [-0.25, -0.2) is 0 Å². The number of nitrogens with zero attached hydrogens (tertiary/aromatic N) is 2. The Bertz CT molecular complexity index is 242. The first-order chi connectivity index (χ1) is 6.34. The van der Waals surface area contributed by atoms with Crippen LogP contribution in [0.1, 0.15) is 12.8 Å². The molecule has 4 heteroatoms. The number of piperidine rings is 1. The van der Waals surface area contributed by atoms with Crippen LogP contribution in [-0.4, -0.2) is 35.5 Å². The highest BCUT2D eigenvalue weighted by Crippen LogP contribution is 2.18. The van der Waals surface area contributed by atoms with E-state index >= 15 is 0 Å². The van der Waals surface area contributed by atoms with Crippen molar-refractivity contribution >= 4 is 11.5 Å². The summed E-state index contributed by atoms with van der Waals surface area (Å²) >= 11 is 1.44. The van der Waals surface area contributed by atoms with Crippen molar-refractivity contribution in [3.05, 3.63) is 11.6 Å². The van der Waals surface area contributed by atoms with Crippen molar-refractivity contribution in [2.75, 3.05) is 20.1 Å². The maximum atomic E-state index is 5.76. The Balaban J connectivity index is 1.83. The van der Waals surface area contributed by atoms with E-state index in [1.165, 1.54) is 11.5 Å². The first-order valence-corrected chi connectivity index (χ1v) is 5.43. The summed E-state index contributed by atoms with van der Waals surface area (Å²) in [5.74, 6) is 0.930. The third-order valence-electron chi connectivity index (χ3n) is 2.38. The highest BCUT2D eigenvalue weighted by atomic mass is 32.1. The van der Waals surface area contributed by atoms with Gasteiger partial charge in [0.15, 0.2) is 0 Å². The lowest BCUT2D eigenvalue weighted by Gasteiger charge is -2.28. The van der Waals surface area contributed by atoms with E-state index in [4.69, 9.17) is 4.74 Å².